The van der Waals surface area contributed by atoms with Gasteiger partial charge in [-0.1, -0.05) is 6.92 Å². The van der Waals surface area contributed by atoms with E-state index >= 15 is 0 Å². The monoisotopic (exact) mass is 216 g/mol. The predicted octanol–water partition coefficient (Wildman–Crippen LogP) is -0.123. The topological polar surface area (TPSA) is 35.9 Å². The zero-order valence-electron chi connectivity index (χ0n) is 10.1. The molecule has 1 aliphatic heterocycles. The molecule has 0 spiro atoms. The Bertz CT molecular complexity index is 178. The smallest absolute Gasteiger partial charge is 0.0599 e. The Hall–Kier alpha value is -0.160. The number of aliphatic hydroxyl groups excluding tert-OH is 1. The lowest BCUT2D eigenvalue weighted by Crippen LogP contribution is -2.44. The molecule has 1 rings (SSSR count). The van der Waals surface area contributed by atoms with E-state index in [1.807, 2.05) is 0 Å². The number of likely N-dealkylation sites (N-methyl/N-ethyl adjacent to an activating group) is 1. The van der Waals surface area contributed by atoms with Crippen molar-refractivity contribution in [3.05, 3.63) is 0 Å². The molecular formula is C11H24N2O2. The Morgan fingerprint density at radius 3 is 2.67 bits per heavy atom. The van der Waals surface area contributed by atoms with Crippen molar-refractivity contribution in [1.82, 2.24) is 9.80 Å². The maximum Gasteiger partial charge on any atom is 0.0599 e. The number of hydrogen-bond acceptors (Lipinski definition) is 4. The highest BCUT2D eigenvalue weighted by molar-refractivity contribution is 4.80. The van der Waals surface area contributed by atoms with Crippen molar-refractivity contribution >= 4 is 0 Å². The van der Waals surface area contributed by atoms with Crippen LogP contribution < -0.4 is 0 Å². The summed E-state index contributed by atoms with van der Waals surface area (Å²) in [6, 6.07) is 0.259. The van der Waals surface area contributed by atoms with E-state index in [2.05, 4.69) is 23.8 Å². The number of nitrogens with zero attached hydrogens (tertiary/aromatic N) is 2. The normalized spacial score (nSPS) is 30.4. The summed E-state index contributed by atoms with van der Waals surface area (Å²) in [5.41, 5.74) is 0. The van der Waals surface area contributed by atoms with Crippen molar-refractivity contribution in [1.29, 1.82) is 0 Å². The van der Waals surface area contributed by atoms with Gasteiger partial charge in [0.25, 0.3) is 0 Å². The van der Waals surface area contributed by atoms with Crippen LogP contribution in [0, 0.1) is 5.92 Å². The van der Waals surface area contributed by atoms with Crippen LogP contribution in [-0.2, 0) is 4.74 Å². The van der Waals surface area contributed by atoms with Gasteiger partial charge in [0.15, 0.2) is 0 Å². The molecule has 0 aromatic heterocycles. The molecule has 1 aliphatic rings. The van der Waals surface area contributed by atoms with Crippen molar-refractivity contribution in [2.75, 3.05) is 53.6 Å². The minimum absolute atomic E-state index is 0.237. The second-order valence-corrected chi connectivity index (χ2v) is 4.65. The quantitative estimate of drug-likeness (QED) is 0.710. The first-order valence-electron chi connectivity index (χ1n) is 5.69. The van der Waals surface area contributed by atoms with E-state index in [0.717, 1.165) is 32.8 Å². The van der Waals surface area contributed by atoms with Crippen LogP contribution in [0.5, 0.6) is 0 Å². The van der Waals surface area contributed by atoms with E-state index in [-0.39, 0.29) is 12.6 Å². The molecule has 1 fully saturated rings. The molecule has 0 aromatic carbocycles. The molecule has 15 heavy (non-hydrogen) atoms. The molecule has 1 heterocycles. The predicted molar refractivity (Wildman–Crippen MR) is 61.0 cm³/mol. The minimum atomic E-state index is 0.237. The highest BCUT2D eigenvalue weighted by Crippen LogP contribution is 2.12. The summed E-state index contributed by atoms with van der Waals surface area (Å²) in [6.07, 6.45) is 0. The lowest BCUT2D eigenvalue weighted by atomic mass is 10.1. The van der Waals surface area contributed by atoms with E-state index in [1.54, 1.807) is 7.11 Å². The molecule has 2 unspecified atom stereocenters. The molecule has 2 atom stereocenters. The third kappa shape index (κ3) is 4.07. The molecule has 1 saturated heterocycles. The summed E-state index contributed by atoms with van der Waals surface area (Å²) in [5.74, 6) is 0.656. The Kier molecular flexibility index (Phi) is 5.53. The van der Waals surface area contributed by atoms with Gasteiger partial charge in [-0.2, -0.15) is 0 Å². The molecule has 4 heteroatoms. The highest BCUT2D eigenvalue weighted by Gasteiger charge is 2.25. The van der Waals surface area contributed by atoms with E-state index < -0.39 is 0 Å². The Morgan fingerprint density at radius 1 is 1.33 bits per heavy atom. The van der Waals surface area contributed by atoms with Crippen molar-refractivity contribution in [3.8, 4) is 0 Å². The minimum Gasteiger partial charge on any atom is -0.395 e. The van der Waals surface area contributed by atoms with Gasteiger partial charge in [-0.25, -0.2) is 0 Å². The van der Waals surface area contributed by atoms with Gasteiger partial charge in [0.05, 0.1) is 13.2 Å². The van der Waals surface area contributed by atoms with Gasteiger partial charge in [-0.15, -0.1) is 0 Å². The third-order valence-corrected chi connectivity index (χ3v) is 3.00. The lowest BCUT2D eigenvalue weighted by Gasteiger charge is -2.29. The molecule has 1 N–H and O–H groups in total. The summed E-state index contributed by atoms with van der Waals surface area (Å²) >= 11 is 0. The van der Waals surface area contributed by atoms with Crippen LogP contribution in [0.3, 0.4) is 0 Å². The molecule has 0 saturated carbocycles. The van der Waals surface area contributed by atoms with Crippen molar-refractivity contribution < 1.29 is 9.84 Å². The average Bonchev–Trinajstić information content (AvgIpc) is 2.33. The number of ether oxygens (including phenoxy) is 1. The molecular weight excluding hydrogens is 192 g/mol. The molecule has 4 nitrogen and oxygen atoms in total. The van der Waals surface area contributed by atoms with Crippen molar-refractivity contribution in [2.24, 2.45) is 5.92 Å². The van der Waals surface area contributed by atoms with Crippen LogP contribution in [-0.4, -0.2) is 74.5 Å². The van der Waals surface area contributed by atoms with Gasteiger partial charge in [-0.3, -0.25) is 4.90 Å². The molecule has 0 bridgehead atoms. The van der Waals surface area contributed by atoms with E-state index in [1.165, 1.54) is 0 Å². The van der Waals surface area contributed by atoms with Crippen LogP contribution in [0.15, 0.2) is 0 Å². The summed E-state index contributed by atoms with van der Waals surface area (Å²) in [6.45, 7) is 7.27. The number of aliphatic hydroxyl groups is 1. The van der Waals surface area contributed by atoms with Gasteiger partial charge in [-0.05, 0) is 13.0 Å². The number of methoxy groups -OCH3 is 1. The second kappa shape index (κ2) is 6.43. The first-order chi connectivity index (χ1) is 7.17. The Labute approximate surface area is 92.8 Å². The Morgan fingerprint density at radius 2 is 2.07 bits per heavy atom. The van der Waals surface area contributed by atoms with Crippen molar-refractivity contribution in [3.63, 3.8) is 0 Å². The molecule has 0 aromatic rings. The number of hydrogen-bond donors (Lipinski definition) is 1. The first-order valence-corrected chi connectivity index (χ1v) is 5.69. The summed E-state index contributed by atoms with van der Waals surface area (Å²) in [4.78, 5) is 4.65. The molecule has 0 aliphatic carbocycles. The second-order valence-electron chi connectivity index (χ2n) is 4.65. The SMILES string of the molecule is COCCN1CC(C)CN(C)CC1CO. The molecule has 90 valence electrons. The van der Waals surface area contributed by atoms with Gasteiger partial charge in [0.2, 0.25) is 0 Å². The lowest BCUT2D eigenvalue weighted by molar-refractivity contribution is 0.0817. The molecule has 0 amide bonds. The standard InChI is InChI=1S/C11H24N2O2/c1-10-6-12(2)8-11(9-14)13(7-10)4-5-15-3/h10-11,14H,4-9H2,1-3H3. The van der Waals surface area contributed by atoms with Gasteiger partial charge < -0.3 is 14.7 Å². The fourth-order valence-corrected chi connectivity index (χ4v) is 2.34. The van der Waals surface area contributed by atoms with Gasteiger partial charge in [0, 0.05) is 39.3 Å². The van der Waals surface area contributed by atoms with Crippen LogP contribution >= 0.6 is 0 Å². The summed E-state index contributed by atoms with van der Waals surface area (Å²) in [7, 11) is 3.85. The van der Waals surface area contributed by atoms with Gasteiger partial charge in [0.1, 0.15) is 0 Å². The van der Waals surface area contributed by atoms with Gasteiger partial charge >= 0.3 is 0 Å². The first kappa shape index (κ1) is 12.9. The maximum absolute atomic E-state index is 9.38. The largest absolute Gasteiger partial charge is 0.395 e. The van der Waals surface area contributed by atoms with Crippen LogP contribution in [0.25, 0.3) is 0 Å². The van der Waals surface area contributed by atoms with Crippen LogP contribution in [0.4, 0.5) is 0 Å². The Balaban J connectivity index is 2.54. The van der Waals surface area contributed by atoms with Crippen LogP contribution in [0.2, 0.25) is 0 Å². The third-order valence-electron chi connectivity index (χ3n) is 3.00. The summed E-state index contributed by atoms with van der Waals surface area (Å²) < 4.78 is 5.10. The fraction of sp³-hybridized carbons (Fsp3) is 1.00. The molecule has 0 radical (unpaired) electrons. The van der Waals surface area contributed by atoms with E-state index in [0.29, 0.717) is 5.92 Å². The number of rotatable bonds is 4. The zero-order valence-corrected chi connectivity index (χ0v) is 10.1. The zero-order chi connectivity index (χ0) is 11.3. The van der Waals surface area contributed by atoms with Crippen molar-refractivity contribution in [2.45, 2.75) is 13.0 Å². The average molecular weight is 216 g/mol. The van der Waals surface area contributed by atoms with E-state index in [4.69, 9.17) is 4.74 Å². The maximum atomic E-state index is 9.38. The van der Waals surface area contributed by atoms with Crippen LogP contribution in [0.1, 0.15) is 6.92 Å². The highest BCUT2D eigenvalue weighted by atomic mass is 16.5. The van der Waals surface area contributed by atoms with E-state index in [9.17, 15) is 5.11 Å². The summed E-state index contributed by atoms with van der Waals surface area (Å²) in [5, 5.41) is 9.38. The fourth-order valence-electron chi connectivity index (χ4n) is 2.34.